The number of hydrogen-bond donors (Lipinski definition) is 0. The number of benzene rings is 7. The van der Waals surface area contributed by atoms with E-state index in [-0.39, 0.29) is 0 Å². The van der Waals surface area contributed by atoms with Gasteiger partial charge in [0.25, 0.3) is 0 Å². The SMILES string of the molecule is c1ccc2cc(-c3nc(-c4cccc5c4ccc4ccccc45)nc(-c4cccc5oc6ccccc6c45)n3)ccc2c1. The van der Waals surface area contributed by atoms with Crippen LogP contribution in [0.3, 0.4) is 0 Å². The van der Waals surface area contributed by atoms with Gasteiger partial charge < -0.3 is 4.42 Å². The molecule has 9 aromatic rings. The Labute approximate surface area is 246 Å². The lowest BCUT2D eigenvalue weighted by atomic mass is 9.98. The van der Waals surface area contributed by atoms with Crippen LogP contribution in [-0.4, -0.2) is 15.0 Å². The van der Waals surface area contributed by atoms with E-state index in [1.165, 1.54) is 21.5 Å². The Morgan fingerprint density at radius 3 is 1.91 bits per heavy atom. The highest BCUT2D eigenvalue weighted by atomic mass is 16.3. The number of furan rings is 1. The quantitative estimate of drug-likeness (QED) is 0.206. The van der Waals surface area contributed by atoms with Gasteiger partial charge in [0.05, 0.1) is 0 Å². The van der Waals surface area contributed by atoms with Crippen molar-refractivity contribution >= 4 is 54.3 Å². The van der Waals surface area contributed by atoms with Crippen LogP contribution in [-0.2, 0) is 0 Å². The van der Waals surface area contributed by atoms with Crippen molar-refractivity contribution in [2.45, 2.75) is 0 Å². The predicted octanol–water partition coefficient (Wildman–Crippen LogP) is 10.2. The molecule has 2 aromatic heterocycles. The molecular weight excluding hydrogens is 526 g/mol. The van der Waals surface area contributed by atoms with Crippen LogP contribution in [0, 0.1) is 0 Å². The van der Waals surface area contributed by atoms with E-state index in [0.717, 1.165) is 49.4 Å². The van der Waals surface area contributed by atoms with Crippen LogP contribution >= 0.6 is 0 Å². The Bertz CT molecular complexity index is 2530. The number of aromatic nitrogens is 3. The zero-order valence-corrected chi connectivity index (χ0v) is 23.0. The van der Waals surface area contributed by atoms with Crippen LogP contribution < -0.4 is 0 Å². The fraction of sp³-hybridized carbons (Fsp3) is 0. The molecule has 0 bridgehead atoms. The van der Waals surface area contributed by atoms with E-state index in [9.17, 15) is 0 Å². The molecular formula is C39H23N3O. The van der Waals surface area contributed by atoms with Crippen LogP contribution in [0.4, 0.5) is 0 Å². The second kappa shape index (κ2) is 9.33. The number of nitrogens with zero attached hydrogens (tertiary/aromatic N) is 3. The third kappa shape index (κ3) is 3.81. The molecule has 0 saturated carbocycles. The summed E-state index contributed by atoms with van der Waals surface area (Å²) < 4.78 is 6.22. The summed E-state index contributed by atoms with van der Waals surface area (Å²) in [6, 6.07) is 48.1. The highest BCUT2D eigenvalue weighted by molar-refractivity contribution is 6.13. The van der Waals surface area contributed by atoms with E-state index in [4.69, 9.17) is 19.4 Å². The highest BCUT2D eigenvalue weighted by Gasteiger charge is 2.19. The largest absolute Gasteiger partial charge is 0.456 e. The molecule has 2 heterocycles. The second-order valence-corrected chi connectivity index (χ2v) is 10.8. The molecule has 9 rings (SSSR count). The lowest BCUT2D eigenvalue weighted by Crippen LogP contribution is -2.01. The molecule has 0 fully saturated rings. The molecule has 0 amide bonds. The summed E-state index contributed by atoms with van der Waals surface area (Å²) in [6.45, 7) is 0. The van der Waals surface area contributed by atoms with Crippen molar-refractivity contribution < 1.29 is 4.42 Å². The molecule has 0 saturated heterocycles. The van der Waals surface area contributed by atoms with E-state index in [1.54, 1.807) is 0 Å². The van der Waals surface area contributed by atoms with Crippen molar-refractivity contribution in [2.75, 3.05) is 0 Å². The standard InChI is InChI=1S/C39H23N3O/c1-2-11-26-23-27(20-19-24(26)9-1)37-40-38(31-15-7-14-29-28-12-4-3-10-25(28)21-22-30(29)31)42-39(41-37)33-16-8-18-35-36(33)32-13-5-6-17-34(32)43-35/h1-23H. The zero-order valence-electron chi connectivity index (χ0n) is 23.0. The maximum Gasteiger partial charge on any atom is 0.164 e. The summed E-state index contributed by atoms with van der Waals surface area (Å²) in [5.74, 6) is 1.88. The predicted molar refractivity (Wildman–Crippen MR) is 176 cm³/mol. The Kier molecular flexibility index (Phi) is 5.16. The van der Waals surface area contributed by atoms with Crippen LogP contribution in [0.1, 0.15) is 0 Å². The molecule has 4 heteroatoms. The summed E-state index contributed by atoms with van der Waals surface area (Å²) in [6.07, 6.45) is 0. The lowest BCUT2D eigenvalue weighted by molar-refractivity contribution is 0.669. The van der Waals surface area contributed by atoms with E-state index in [0.29, 0.717) is 17.5 Å². The normalized spacial score (nSPS) is 11.7. The summed E-state index contributed by atoms with van der Waals surface area (Å²) in [5.41, 5.74) is 4.48. The molecule has 4 nitrogen and oxygen atoms in total. The molecule has 43 heavy (non-hydrogen) atoms. The van der Waals surface area contributed by atoms with Gasteiger partial charge in [-0.1, -0.05) is 121 Å². The fourth-order valence-electron chi connectivity index (χ4n) is 6.27. The third-order valence-corrected chi connectivity index (χ3v) is 8.31. The summed E-state index contributed by atoms with van der Waals surface area (Å²) in [5, 5.41) is 9.06. The fourth-order valence-corrected chi connectivity index (χ4v) is 6.27. The Balaban J connectivity index is 1.35. The second-order valence-electron chi connectivity index (χ2n) is 10.8. The van der Waals surface area contributed by atoms with Crippen molar-refractivity contribution in [1.29, 1.82) is 0 Å². The smallest absolute Gasteiger partial charge is 0.164 e. The first-order valence-electron chi connectivity index (χ1n) is 14.4. The zero-order chi connectivity index (χ0) is 28.3. The molecule has 0 radical (unpaired) electrons. The molecule has 0 aliphatic heterocycles. The van der Waals surface area contributed by atoms with Gasteiger partial charge >= 0.3 is 0 Å². The van der Waals surface area contributed by atoms with Crippen molar-refractivity contribution in [2.24, 2.45) is 0 Å². The molecule has 0 unspecified atom stereocenters. The van der Waals surface area contributed by atoms with Crippen molar-refractivity contribution in [3.63, 3.8) is 0 Å². The van der Waals surface area contributed by atoms with Crippen molar-refractivity contribution in [1.82, 2.24) is 15.0 Å². The molecule has 200 valence electrons. The van der Waals surface area contributed by atoms with Crippen molar-refractivity contribution in [3.8, 4) is 34.2 Å². The summed E-state index contributed by atoms with van der Waals surface area (Å²) >= 11 is 0. The van der Waals surface area contributed by atoms with E-state index in [2.05, 4.69) is 109 Å². The van der Waals surface area contributed by atoms with E-state index >= 15 is 0 Å². The monoisotopic (exact) mass is 549 g/mol. The first-order valence-corrected chi connectivity index (χ1v) is 14.4. The van der Waals surface area contributed by atoms with E-state index in [1.807, 2.05) is 30.3 Å². The molecule has 0 aliphatic rings. The minimum absolute atomic E-state index is 0.614. The van der Waals surface area contributed by atoms with E-state index < -0.39 is 0 Å². The first kappa shape index (κ1) is 23.8. The minimum atomic E-state index is 0.614. The maximum absolute atomic E-state index is 6.22. The van der Waals surface area contributed by atoms with Gasteiger partial charge in [0.1, 0.15) is 11.2 Å². The van der Waals surface area contributed by atoms with Crippen LogP contribution in [0.5, 0.6) is 0 Å². The summed E-state index contributed by atoms with van der Waals surface area (Å²) in [7, 11) is 0. The molecule has 0 spiro atoms. The van der Waals surface area contributed by atoms with Gasteiger partial charge in [0, 0.05) is 27.5 Å². The van der Waals surface area contributed by atoms with Crippen LogP contribution in [0.25, 0.3) is 88.4 Å². The van der Waals surface area contributed by atoms with Crippen molar-refractivity contribution in [3.05, 3.63) is 140 Å². The maximum atomic E-state index is 6.22. The van der Waals surface area contributed by atoms with Gasteiger partial charge in [0.2, 0.25) is 0 Å². The highest BCUT2D eigenvalue weighted by Crippen LogP contribution is 2.38. The average molecular weight is 550 g/mol. The number of fused-ring (bicyclic) bond motifs is 7. The lowest BCUT2D eigenvalue weighted by Gasteiger charge is -2.12. The third-order valence-electron chi connectivity index (χ3n) is 8.31. The number of rotatable bonds is 3. The van der Waals surface area contributed by atoms with Crippen LogP contribution in [0.2, 0.25) is 0 Å². The minimum Gasteiger partial charge on any atom is -0.456 e. The van der Waals surface area contributed by atoms with Gasteiger partial charge in [-0.3, -0.25) is 0 Å². The van der Waals surface area contributed by atoms with Gasteiger partial charge in [-0.2, -0.15) is 0 Å². The molecule has 7 aromatic carbocycles. The average Bonchev–Trinajstić information content (AvgIpc) is 3.46. The van der Waals surface area contributed by atoms with Gasteiger partial charge in [0.15, 0.2) is 17.5 Å². The molecule has 0 atom stereocenters. The summed E-state index contributed by atoms with van der Waals surface area (Å²) in [4.78, 5) is 15.4. The van der Waals surface area contributed by atoms with Gasteiger partial charge in [-0.15, -0.1) is 0 Å². The van der Waals surface area contributed by atoms with Crippen LogP contribution in [0.15, 0.2) is 144 Å². The molecule has 0 N–H and O–H groups in total. The van der Waals surface area contributed by atoms with Gasteiger partial charge in [-0.25, -0.2) is 15.0 Å². The Morgan fingerprint density at radius 1 is 0.372 bits per heavy atom. The topological polar surface area (TPSA) is 51.8 Å². The Hall–Kier alpha value is -5.87. The van der Waals surface area contributed by atoms with Gasteiger partial charge in [-0.05, 0) is 50.5 Å². The number of hydrogen-bond acceptors (Lipinski definition) is 4. The Morgan fingerprint density at radius 2 is 1.00 bits per heavy atom. The first-order chi connectivity index (χ1) is 21.3. The number of para-hydroxylation sites is 1. The molecule has 0 aliphatic carbocycles.